The van der Waals surface area contributed by atoms with Gasteiger partial charge in [0.05, 0.1) is 6.10 Å². The van der Waals surface area contributed by atoms with Crippen LogP contribution in [0.5, 0.6) is 0 Å². The Hall–Kier alpha value is -0.0400. The van der Waals surface area contributed by atoms with Crippen LogP contribution in [0.15, 0.2) is 0 Å². The number of hydrogen-bond donors (Lipinski definition) is 1. The molecule has 1 heteroatoms. The summed E-state index contributed by atoms with van der Waals surface area (Å²) >= 11 is 0. The molecule has 1 N–H and O–H groups in total. The Bertz CT molecular complexity index is 189. The van der Waals surface area contributed by atoms with E-state index in [2.05, 4.69) is 0 Å². The van der Waals surface area contributed by atoms with Crippen molar-refractivity contribution in [2.45, 2.75) is 12.5 Å². The molecule has 3 bridgehead atoms. The molecule has 5 fully saturated rings. The molecule has 5 aliphatic rings. The normalized spacial score (nSPS) is 87.0. The number of hydrogen-bond acceptors (Lipinski definition) is 1. The first-order valence-electron chi connectivity index (χ1n) is 4.07. The average Bonchev–Trinajstić information content (AvgIpc) is 2.07. The van der Waals surface area contributed by atoms with Gasteiger partial charge in [-0.1, -0.05) is 0 Å². The third-order valence-electron chi connectivity index (χ3n) is 4.50. The van der Waals surface area contributed by atoms with Gasteiger partial charge in [0.25, 0.3) is 0 Å². The highest BCUT2D eigenvalue weighted by Gasteiger charge is 2.83. The van der Waals surface area contributed by atoms with Crippen molar-refractivity contribution in [2.24, 2.45) is 35.5 Å². The van der Waals surface area contributed by atoms with Crippen LogP contribution in [0, 0.1) is 35.5 Å². The lowest BCUT2D eigenvalue weighted by Crippen LogP contribution is -2.32. The smallest absolute Gasteiger partial charge is 0.0605 e. The van der Waals surface area contributed by atoms with Crippen LogP contribution >= 0.6 is 0 Å². The largest absolute Gasteiger partial charge is 0.393 e. The van der Waals surface area contributed by atoms with Gasteiger partial charge >= 0.3 is 0 Å². The van der Waals surface area contributed by atoms with Gasteiger partial charge in [-0.25, -0.2) is 0 Å². The Morgan fingerprint density at radius 2 is 1.67 bits per heavy atom. The summed E-state index contributed by atoms with van der Waals surface area (Å²) < 4.78 is 0. The maximum atomic E-state index is 9.55. The molecular formula is C8H10O. The Kier molecular flexibility index (Phi) is 0.353. The molecule has 7 atom stereocenters. The number of aliphatic hydroxyl groups is 1. The summed E-state index contributed by atoms with van der Waals surface area (Å²) in [5.41, 5.74) is 0. The molecule has 0 aromatic heterocycles. The first-order valence-corrected chi connectivity index (χ1v) is 4.07. The maximum Gasteiger partial charge on any atom is 0.0605 e. The molecule has 0 spiro atoms. The zero-order chi connectivity index (χ0) is 5.75. The van der Waals surface area contributed by atoms with Gasteiger partial charge in [-0.2, -0.15) is 0 Å². The van der Waals surface area contributed by atoms with E-state index < -0.39 is 0 Å². The van der Waals surface area contributed by atoms with Gasteiger partial charge in [0.15, 0.2) is 0 Å². The maximum absolute atomic E-state index is 9.55. The van der Waals surface area contributed by atoms with E-state index in [9.17, 15) is 5.11 Å². The molecule has 9 heavy (non-hydrogen) atoms. The first-order chi connectivity index (χ1) is 4.39. The van der Waals surface area contributed by atoms with E-state index in [0.29, 0.717) is 0 Å². The van der Waals surface area contributed by atoms with Crippen molar-refractivity contribution < 1.29 is 5.11 Å². The molecule has 0 radical (unpaired) electrons. The Labute approximate surface area is 54.1 Å². The Morgan fingerprint density at radius 1 is 0.889 bits per heavy atom. The molecule has 48 valence electrons. The van der Waals surface area contributed by atoms with Crippen LogP contribution in [-0.2, 0) is 0 Å². The van der Waals surface area contributed by atoms with Crippen LogP contribution in [0.3, 0.4) is 0 Å². The molecule has 0 aliphatic heterocycles. The van der Waals surface area contributed by atoms with E-state index >= 15 is 0 Å². The second kappa shape index (κ2) is 0.800. The summed E-state index contributed by atoms with van der Waals surface area (Å²) in [4.78, 5) is 0. The molecule has 7 unspecified atom stereocenters. The standard InChI is InChI=1S/C8H10O/c9-8-3-1-2-4-5(3)7(4)6(2)8/h2-9H,1H2. The minimum atomic E-state index is 0.148. The third kappa shape index (κ3) is 0.196. The van der Waals surface area contributed by atoms with Gasteiger partial charge in [-0.05, 0) is 41.9 Å². The van der Waals surface area contributed by atoms with Crippen molar-refractivity contribution in [2.75, 3.05) is 0 Å². The number of aliphatic hydroxyl groups excluding tert-OH is 1. The molecule has 0 saturated heterocycles. The summed E-state index contributed by atoms with van der Waals surface area (Å²) in [6.45, 7) is 0. The van der Waals surface area contributed by atoms with Gasteiger partial charge in [0.1, 0.15) is 0 Å². The Morgan fingerprint density at radius 3 is 1.89 bits per heavy atom. The van der Waals surface area contributed by atoms with Crippen LogP contribution in [0.4, 0.5) is 0 Å². The summed E-state index contributed by atoms with van der Waals surface area (Å²) in [5, 5.41) is 9.55. The lowest BCUT2D eigenvalue weighted by atomic mass is 9.76. The van der Waals surface area contributed by atoms with Gasteiger partial charge in [-0.3, -0.25) is 0 Å². The Balaban J connectivity index is 1.99. The molecule has 0 aromatic rings. The van der Waals surface area contributed by atoms with Crippen LogP contribution in [0.1, 0.15) is 6.42 Å². The van der Waals surface area contributed by atoms with Gasteiger partial charge in [0.2, 0.25) is 0 Å². The first kappa shape index (κ1) is 3.97. The van der Waals surface area contributed by atoms with Crippen LogP contribution < -0.4 is 0 Å². The van der Waals surface area contributed by atoms with E-state index in [1.54, 1.807) is 0 Å². The molecule has 1 nitrogen and oxygen atoms in total. The summed E-state index contributed by atoms with van der Waals surface area (Å²) in [6, 6.07) is 0. The fraction of sp³-hybridized carbons (Fsp3) is 1.00. The highest BCUT2D eigenvalue weighted by molar-refractivity contribution is 5.31. The highest BCUT2D eigenvalue weighted by Crippen LogP contribution is 2.85. The van der Waals surface area contributed by atoms with Crippen molar-refractivity contribution >= 4 is 0 Å². The van der Waals surface area contributed by atoms with Crippen LogP contribution in [0.25, 0.3) is 0 Å². The van der Waals surface area contributed by atoms with E-state index in [1.165, 1.54) is 6.42 Å². The SMILES string of the molecule is OC1C2CC3C1C1C2C31. The summed E-state index contributed by atoms with van der Waals surface area (Å²) in [7, 11) is 0. The molecule has 0 amide bonds. The van der Waals surface area contributed by atoms with E-state index in [1.807, 2.05) is 0 Å². The van der Waals surface area contributed by atoms with Crippen molar-refractivity contribution in [3.63, 3.8) is 0 Å². The second-order valence-electron chi connectivity index (χ2n) is 4.36. The van der Waals surface area contributed by atoms with Gasteiger partial charge in [0, 0.05) is 0 Å². The van der Waals surface area contributed by atoms with Crippen molar-refractivity contribution in [1.29, 1.82) is 0 Å². The summed E-state index contributed by atoms with van der Waals surface area (Å²) in [6.07, 6.45) is 1.53. The van der Waals surface area contributed by atoms with Crippen molar-refractivity contribution in [3.8, 4) is 0 Å². The highest BCUT2D eigenvalue weighted by atomic mass is 16.3. The monoisotopic (exact) mass is 122 g/mol. The zero-order valence-corrected chi connectivity index (χ0v) is 5.20. The van der Waals surface area contributed by atoms with Gasteiger partial charge in [-0.15, -0.1) is 0 Å². The average molecular weight is 122 g/mol. The predicted octanol–water partition coefficient (Wildman–Crippen LogP) is 0.489. The zero-order valence-electron chi connectivity index (χ0n) is 5.20. The summed E-state index contributed by atoms with van der Waals surface area (Å²) in [5.74, 6) is 5.75. The molecule has 5 rings (SSSR count). The molecule has 5 saturated carbocycles. The minimum absolute atomic E-state index is 0.148. The van der Waals surface area contributed by atoms with Crippen molar-refractivity contribution in [3.05, 3.63) is 0 Å². The molecular weight excluding hydrogens is 112 g/mol. The van der Waals surface area contributed by atoms with E-state index in [4.69, 9.17) is 0 Å². The molecule has 0 aromatic carbocycles. The number of rotatable bonds is 0. The van der Waals surface area contributed by atoms with E-state index in [-0.39, 0.29) is 6.10 Å². The van der Waals surface area contributed by atoms with Gasteiger partial charge < -0.3 is 5.11 Å². The fourth-order valence-electron chi connectivity index (χ4n) is 4.36. The quantitative estimate of drug-likeness (QED) is 0.495. The minimum Gasteiger partial charge on any atom is -0.393 e. The lowest BCUT2D eigenvalue weighted by Gasteiger charge is -2.30. The second-order valence-corrected chi connectivity index (χ2v) is 4.36. The van der Waals surface area contributed by atoms with Crippen LogP contribution in [-0.4, -0.2) is 11.2 Å². The predicted molar refractivity (Wildman–Crippen MR) is 31.6 cm³/mol. The molecule has 5 aliphatic carbocycles. The molecule has 0 heterocycles. The van der Waals surface area contributed by atoms with E-state index in [0.717, 1.165) is 35.5 Å². The topological polar surface area (TPSA) is 20.2 Å². The van der Waals surface area contributed by atoms with Crippen LogP contribution in [0.2, 0.25) is 0 Å². The lowest BCUT2D eigenvalue weighted by molar-refractivity contribution is 0.0432. The fourth-order valence-corrected chi connectivity index (χ4v) is 4.36. The third-order valence-corrected chi connectivity index (χ3v) is 4.50. The van der Waals surface area contributed by atoms with Crippen molar-refractivity contribution in [1.82, 2.24) is 0 Å².